The third-order valence-corrected chi connectivity index (χ3v) is 12.4. The molecule has 9 nitrogen and oxygen atoms in total. The van der Waals surface area contributed by atoms with Gasteiger partial charge in [-0.05, 0) is 90.0 Å². The molecule has 2 N–H and O–H groups in total. The van der Waals surface area contributed by atoms with Crippen LogP contribution in [-0.4, -0.2) is 73.6 Å². The highest BCUT2D eigenvalue weighted by Crippen LogP contribution is 2.37. The van der Waals surface area contributed by atoms with Gasteiger partial charge in [-0.1, -0.05) is 97.1 Å². The van der Waals surface area contributed by atoms with E-state index < -0.39 is 0 Å². The highest BCUT2D eigenvalue weighted by Gasteiger charge is 2.37. The first kappa shape index (κ1) is 35.8. The van der Waals surface area contributed by atoms with Gasteiger partial charge in [0.2, 0.25) is 11.8 Å². The van der Waals surface area contributed by atoms with Crippen LogP contribution >= 0.6 is 11.3 Å². The minimum atomic E-state index is -0.340. The maximum absolute atomic E-state index is 13.9. The van der Waals surface area contributed by atoms with Crippen molar-refractivity contribution in [2.24, 2.45) is 0 Å². The second-order valence-corrected chi connectivity index (χ2v) is 16.1. The molecular formula is C46H45N7O2S. The summed E-state index contributed by atoms with van der Waals surface area (Å²) < 4.78 is 1.22. The highest BCUT2D eigenvalue weighted by molar-refractivity contribution is 7.17. The van der Waals surface area contributed by atoms with Gasteiger partial charge >= 0.3 is 0 Å². The Morgan fingerprint density at radius 1 is 0.714 bits per heavy atom. The lowest BCUT2D eigenvalue weighted by atomic mass is 10.0. The number of benzene rings is 4. The van der Waals surface area contributed by atoms with Crippen LogP contribution in [0.5, 0.6) is 0 Å². The maximum atomic E-state index is 13.9. The molecule has 0 unspecified atom stereocenters. The summed E-state index contributed by atoms with van der Waals surface area (Å²) in [6.07, 6.45) is 7.89. The van der Waals surface area contributed by atoms with Crippen LogP contribution in [0, 0.1) is 0 Å². The summed E-state index contributed by atoms with van der Waals surface area (Å²) in [7, 11) is 3.92. The van der Waals surface area contributed by atoms with Crippen molar-refractivity contribution in [1.29, 1.82) is 0 Å². The molecule has 3 aromatic heterocycles. The summed E-state index contributed by atoms with van der Waals surface area (Å²) in [5.41, 5.74) is 8.31. The van der Waals surface area contributed by atoms with Gasteiger partial charge in [-0.25, -0.2) is 9.97 Å². The number of imidazole rings is 2. The Hall–Kier alpha value is -5.84. The number of aromatic amines is 2. The zero-order valence-corrected chi connectivity index (χ0v) is 32.5. The monoisotopic (exact) mass is 759 g/mol. The van der Waals surface area contributed by atoms with Gasteiger partial charge in [-0.2, -0.15) is 0 Å². The van der Waals surface area contributed by atoms with Crippen molar-refractivity contribution in [1.82, 2.24) is 34.6 Å². The van der Waals surface area contributed by atoms with Crippen molar-refractivity contribution in [3.63, 3.8) is 0 Å². The molecule has 282 valence electrons. The summed E-state index contributed by atoms with van der Waals surface area (Å²) in [6, 6.07) is 34.9. The first-order valence-electron chi connectivity index (χ1n) is 19.5. The van der Waals surface area contributed by atoms with Gasteiger partial charge in [0.15, 0.2) is 0 Å². The van der Waals surface area contributed by atoms with Crippen molar-refractivity contribution < 1.29 is 9.59 Å². The van der Waals surface area contributed by atoms with Gasteiger partial charge < -0.3 is 19.8 Å². The zero-order chi connectivity index (χ0) is 38.2. The van der Waals surface area contributed by atoms with Crippen molar-refractivity contribution in [2.75, 3.05) is 27.2 Å². The van der Waals surface area contributed by atoms with Crippen LogP contribution in [0.2, 0.25) is 0 Å². The number of rotatable bonds is 10. The van der Waals surface area contributed by atoms with Gasteiger partial charge in [0, 0.05) is 17.8 Å². The predicted octanol–water partition coefficient (Wildman–Crippen LogP) is 9.22. The van der Waals surface area contributed by atoms with Crippen LogP contribution in [0.3, 0.4) is 0 Å². The van der Waals surface area contributed by atoms with E-state index in [0.29, 0.717) is 6.42 Å². The van der Waals surface area contributed by atoms with Gasteiger partial charge in [0.05, 0.1) is 42.3 Å². The molecule has 10 heteroatoms. The third kappa shape index (κ3) is 6.95. The van der Waals surface area contributed by atoms with E-state index >= 15 is 0 Å². The van der Waals surface area contributed by atoms with Crippen molar-refractivity contribution in [2.45, 2.75) is 50.2 Å². The summed E-state index contributed by atoms with van der Waals surface area (Å²) >= 11 is 1.70. The molecular weight excluding hydrogens is 715 g/mol. The van der Waals surface area contributed by atoms with Gasteiger partial charge in [-0.3, -0.25) is 14.5 Å². The smallest absolute Gasteiger partial charge is 0.245 e. The summed E-state index contributed by atoms with van der Waals surface area (Å²) in [6.45, 7) is 1.48. The fourth-order valence-corrected chi connectivity index (χ4v) is 9.50. The molecule has 0 radical (unpaired) electrons. The summed E-state index contributed by atoms with van der Waals surface area (Å²) in [5.74, 6) is 1.94. The van der Waals surface area contributed by atoms with E-state index in [1.54, 1.807) is 11.3 Å². The Morgan fingerprint density at radius 3 is 1.86 bits per heavy atom. The predicted molar refractivity (Wildman–Crippen MR) is 223 cm³/mol. The Kier molecular flexibility index (Phi) is 9.83. The average molecular weight is 760 g/mol. The molecule has 4 aromatic carbocycles. The largest absolute Gasteiger partial charge is 0.340 e. The molecule has 2 aliphatic heterocycles. The first-order valence-corrected chi connectivity index (χ1v) is 20.4. The fourth-order valence-electron chi connectivity index (χ4n) is 8.54. The number of amides is 2. The molecule has 0 spiro atoms. The molecule has 0 aliphatic carbocycles. The SMILES string of the molecule is CN(C)[C@@H](C(=O)N1CCC[C@H]1c1ncc(-c2ccc(-c3ccc(-c4cnc([C@@H]5CCCN5C(=O)Cc5csc6ccccc56)[nH]4)cc3)cc2)[nH]1)c1ccccc1. The number of likely N-dealkylation sites (N-methyl/N-ethyl adjacent to an activating group) is 1. The Morgan fingerprint density at radius 2 is 1.25 bits per heavy atom. The van der Waals surface area contributed by atoms with Crippen LogP contribution in [0.15, 0.2) is 121 Å². The summed E-state index contributed by atoms with van der Waals surface area (Å²) in [4.78, 5) is 50.1. The van der Waals surface area contributed by atoms with Crippen LogP contribution in [0.1, 0.15) is 66.6 Å². The number of nitrogens with zero attached hydrogens (tertiary/aromatic N) is 5. The number of aromatic nitrogens is 4. The Labute approximate surface area is 331 Å². The topological polar surface area (TPSA) is 101 Å². The number of nitrogens with one attached hydrogen (secondary N) is 2. The normalized spacial score (nSPS) is 17.6. The molecule has 7 aromatic rings. The van der Waals surface area contributed by atoms with Crippen LogP contribution < -0.4 is 0 Å². The number of carbonyl (C=O) groups excluding carboxylic acids is 2. The molecule has 0 saturated carbocycles. The Balaban J connectivity index is 0.851. The molecule has 2 saturated heterocycles. The summed E-state index contributed by atoms with van der Waals surface area (Å²) in [5, 5.41) is 3.29. The third-order valence-electron chi connectivity index (χ3n) is 11.4. The second kappa shape index (κ2) is 15.4. The van der Waals surface area contributed by atoms with Gasteiger partial charge in [0.1, 0.15) is 17.7 Å². The molecule has 0 bridgehead atoms. The average Bonchev–Trinajstić information content (AvgIpc) is 4.08. The number of hydrogen-bond acceptors (Lipinski definition) is 6. The minimum Gasteiger partial charge on any atom is -0.340 e. The lowest BCUT2D eigenvalue weighted by Gasteiger charge is -2.31. The molecule has 9 rings (SSSR count). The van der Waals surface area contributed by atoms with Gasteiger partial charge in [0.25, 0.3) is 0 Å². The van der Waals surface area contributed by atoms with Crippen molar-refractivity contribution in [3.05, 3.63) is 144 Å². The van der Waals surface area contributed by atoms with E-state index in [2.05, 4.69) is 76.0 Å². The van der Waals surface area contributed by atoms with Crippen LogP contribution in [0.25, 0.3) is 43.7 Å². The number of thiophene rings is 1. The van der Waals surface area contributed by atoms with E-state index in [0.717, 1.165) is 95.2 Å². The minimum absolute atomic E-state index is 0.0421. The van der Waals surface area contributed by atoms with E-state index in [1.807, 2.05) is 83.7 Å². The van der Waals surface area contributed by atoms with E-state index in [9.17, 15) is 9.59 Å². The van der Waals surface area contributed by atoms with Crippen LogP contribution in [0.4, 0.5) is 0 Å². The van der Waals surface area contributed by atoms with E-state index in [-0.39, 0.29) is 29.9 Å². The number of carbonyl (C=O) groups is 2. The number of likely N-dealkylation sites (tertiary alicyclic amines) is 2. The number of fused-ring (bicyclic) bond motifs is 1. The van der Waals surface area contributed by atoms with Gasteiger partial charge in [-0.15, -0.1) is 11.3 Å². The van der Waals surface area contributed by atoms with Crippen molar-refractivity contribution >= 4 is 33.2 Å². The molecule has 2 fully saturated rings. The number of H-pyrrole nitrogens is 2. The molecule has 3 atom stereocenters. The maximum Gasteiger partial charge on any atom is 0.245 e. The molecule has 56 heavy (non-hydrogen) atoms. The molecule has 5 heterocycles. The standard InChI is InChI=1S/C46H45N7O2S/c1-51(2)43(34-10-4-3-5-11-34)46(55)53-25-9-14-40(53)45-48-28-38(50-45)33-22-18-31(19-23-33)30-16-20-32(21-17-30)37-27-47-44(49-37)39-13-8-24-52(39)42(54)26-35-29-56-41-15-7-6-12-36(35)41/h3-7,10-12,15-23,27-29,39-40,43H,8-9,13-14,24-26H2,1-2H3,(H,47,49)(H,48,50)/t39-,40-,43+/m0/s1. The lowest BCUT2D eigenvalue weighted by molar-refractivity contribution is -0.137. The highest BCUT2D eigenvalue weighted by atomic mass is 32.1. The quantitative estimate of drug-likeness (QED) is 0.145. The first-order chi connectivity index (χ1) is 27.4. The number of hydrogen-bond donors (Lipinski definition) is 2. The van der Waals surface area contributed by atoms with E-state index in [1.165, 1.54) is 10.1 Å². The lowest BCUT2D eigenvalue weighted by Crippen LogP contribution is -2.40. The zero-order valence-electron chi connectivity index (χ0n) is 31.7. The molecule has 2 amide bonds. The Bertz CT molecular complexity index is 2470. The molecule has 2 aliphatic rings. The van der Waals surface area contributed by atoms with Crippen molar-refractivity contribution in [3.8, 4) is 33.6 Å². The fraction of sp³-hybridized carbons (Fsp3) is 0.261. The van der Waals surface area contributed by atoms with E-state index in [4.69, 9.17) is 9.97 Å². The van der Waals surface area contributed by atoms with Crippen LogP contribution in [-0.2, 0) is 16.0 Å². The second-order valence-electron chi connectivity index (χ2n) is 15.2.